The highest BCUT2D eigenvalue weighted by Crippen LogP contribution is 2.11. The van der Waals surface area contributed by atoms with Crippen molar-refractivity contribution in [3.05, 3.63) is 42.0 Å². The van der Waals surface area contributed by atoms with Crippen molar-refractivity contribution in [1.29, 1.82) is 0 Å². The number of likely N-dealkylation sites (N-methyl/N-ethyl adjacent to an activating group) is 1. The van der Waals surface area contributed by atoms with Crippen molar-refractivity contribution >= 4 is 29.3 Å². The molecule has 22 heavy (non-hydrogen) atoms. The van der Waals surface area contributed by atoms with E-state index in [0.717, 1.165) is 16.8 Å². The van der Waals surface area contributed by atoms with E-state index in [1.165, 1.54) is 11.8 Å². The summed E-state index contributed by atoms with van der Waals surface area (Å²) in [6.45, 7) is 10.9. The molecule has 0 aliphatic rings. The average molecular weight is 320 g/mol. The Labute approximate surface area is 137 Å². The molecule has 0 bridgehead atoms. The zero-order valence-corrected chi connectivity index (χ0v) is 14.3. The molecule has 0 unspecified atom stereocenters. The fourth-order valence-corrected chi connectivity index (χ4v) is 2.66. The molecule has 0 aromatic heterocycles. The minimum Gasteiger partial charge on any atom is -0.338 e. The van der Waals surface area contributed by atoms with E-state index in [1.807, 2.05) is 45.0 Å². The highest BCUT2D eigenvalue weighted by Gasteiger charge is 2.12. The smallest absolute Gasteiger partial charge is 0.234 e. The number of aryl methyl sites for hydroxylation is 1. The van der Waals surface area contributed by atoms with Crippen molar-refractivity contribution in [3.8, 4) is 0 Å². The fourth-order valence-electron chi connectivity index (χ4n) is 1.94. The monoisotopic (exact) mass is 320 g/mol. The molecule has 0 saturated heterocycles. The van der Waals surface area contributed by atoms with Crippen molar-refractivity contribution in [1.82, 2.24) is 4.90 Å². The van der Waals surface area contributed by atoms with Crippen LogP contribution in [0.15, 0.2) is 36.4 Å². The van der Waals surface area contributed by atoms with Gasteiger partial charge in [0.05, 0.1) is 11.5 Å². The Kier molecular flexibility index (Phi) is 7.74. The molecule has 1 aromatic rings. The zero-order chi connectivity index (χ0) is 16.5. The molecule has 4 nitrogen and oxygen atoms in total. The Morgan fingerprint density at radius 1 is 1.32 bits per heavy atom. The molecular weight excluding hydrogens is 296 g/mol. The van der Waals surface area contributed by atoms with Gasteiger partial charge in [0, 0.05) is 18.8 Å². The van der Waals surface area contributed by atoms with E-state index in [1.54, 1.807) is 4.90 Å². The maximum absolute atomic E-state index is 12.0. The van der Waals surface area contributed by atoms with E-state index >= 15 is 0 Å². The van der Waals surface area contributed by atoms with Crippen LogP contribution >= 0.6 is 11.8 Å². The minimum absolute atomic E-state index is 0.0406. The van der Waals surface area contributed by atoms with Gasteiger partial charge in [-0.2, -0.15) is 0 Å². The van der Waals surface area contributed by atoms with Gasteiger partial charge in [0.2, 0.25) is 11.8 Å². The number of thioether (sulfide) groups is 1. The number of nitrogens with one attached hydrogen (secondary N) is 1. The molecule has 0 aliphatic heterocycles. The lowest BCUT2D eigenvalue weighted by Gasteiger charge is -2.20. The molecule has 1 aromatic carbocycles. The molecule has 1 N–H and O–H groups in total. The quantitative estimate of drug-likeness (QED) is 0.749. The third kappa shape index (κ3) is 6.80. The Balaban J connectivity index is 2.35. The highest BCUT2D eigenvalue weighted by atomic mass is 32.2. The van der Waals surface area contributed by atoms with Crippen molar-refractivity contribution in [2.45, 2.75) is 20.8 Å². The van der Waals surface area contributed by atoms with Gasteiger partial charge < -0.3 is 10.2 Å². The first-order chi connectivity index (χ1) is 10.4. The van der Waals surface area contributed by atoms with Crippen molar-refractivity contribution in [2.24, 2.45) is 0 Å². The summed E-state index contributed by atoms with van der Waals surface area (Å²) in [5.74, 6) is 0.525. The summed E-state index contributed by atoms with van der Waals surface area (Å²) in [5, 5.41) is 2.83. The third-order valence-electron chi connectivity index (χ3n) is 2.96. The molecule has 2 amide bonds. The van der Waals surface area contributed by atoms with Gasteiger partial charge in [0.1, 0.15) is 0 Å². The van der Waals surface area contributed by atoms with Crippen molar-refractivity contribution in [2.75, 3.05) is 29.9 Å². The molecule has 0 atom stereocenters. The third-order valence-corrected chi connectivity index (χ3v) is 3.87. The summed E-state index contributed by atoms with van der Waals surface area (Å²) in [4.78, 5) is 25.6. The molecule has 0 fully saturated rings. The van der Waals surface area contributed by atoms with E-state index in [9.17, 15) is 9.59 Å². The van der Waals surface area contributed by atoms with Crippen LogP contribution in [0.3, 0.4) is 0 Å². The Morgan fingerprint density at radius 2 is 2.05 bits per heavy atom. The topological polar surface area (TPSA) is 49.4 Å². The Hall–Kier alpha value is -1.75. The van der Waals surface area contributed by atoms with Gasteiger partial charge in [-0.15, -0.1) is 11.8 Å². The summed E-state index contributed by atoms with van der Waals surface area (Å²) in [6.07, 6.45) is 0. The van der Waals surface area contributed by atoms with Gasteiger partial charge in [0.15, 0.2) is 0 Å². The van der Waals surface area contributed by atoms with Crippen LogP contribution in [0, 0.1) is 6.92 Å². The summed E-state index contributed by atoms with van der Waals surface area (Å²) in [6, 6.07) is 7.65. The number of hydrogen-bond donors (Lipinski definition) is 1. The highest BCUT2D eigenvalue weighted by molar-refractivity contribution is 8.00. The SMILES string of the molecule is C=C(C)CN(CC)C(=O)CSCC(=O)Nc1cccc(C)c1. The molecule has 0 spiro atoms. The number of anilines is 1. The molecule has 0 heterocycles. The number of carbonyl (C=O) groups is 2. The number of hydrogen-bond acceptors (Lipinski definition) is 3. The lowest BCUT2D eigenvalue weighted by molar-refractivity contribution is -0.127. The van der Waals surface area contributed by atoms with Crippen LogP contribution in [-0.4, -0.2) is 41.3 Å². The van der Waals surface area contributed by atoms with E-state index in [4.69, 9.17) is 0 Å². The first-order valence-corrected chi connectivity index (χ1v) is 8.44. The van der Waals surface area contributed by atoms with Gasteiger partial charge >= 0.3 is 0 Å². The number of benzene rings is 1. The fraction of sp³-hybridized carbons (Fsp3) is 0.412. The van der Waals surface area contributed by atoms with Gasteiger partial charge in [0.25, 0.3) is 0 Å². The molecule has 0 aliphatic carbocycles. The summed E-state index contributed by atoms with van der Waals surface area (Å²) >= 11 is 1.33. The summed E-state index contributed by atoms with van der Waals surface area (Å²) < 4.78 is 0. The number of amides is 2. The van der Waals surface area contributed by atoms with E-state index in [2.05, 4.69) is 11.9 Å². The Bertz CT molecular complexity index is 543. The first kappa shape index (κ1) is 18.3. The maximum Gasteiger partial charge on any atom is 0.234 e. The summed E-state index contributed by atoms with van der Waals surface area (Å²) in [7, 11) is 0. The minimum atomic E-state index is -0.0913. The Morgan fingerprint density at radius 3 is 2.64 bits per heavy atom. The maximum atomic E-state index is 12.0. The van der Waals surface area contributed by atoms with Crippen LogP contribution < -0.4 is 5.32 Å². The number of rotatable bonds is 8. The van der Waals surface area contributed by atoms with Crippen LogP contribution in [-0.2, 0) is 9.59 Å². The normalized spacial score (nSPS) is 10.1. The van der Waals surface area contributed by atoms with Crippen LogP contribution in [0.2, 0.25) is 0 Å². The van der Waals surface area contributed by atoms with Crippen LogP contribution in [0.1, 0.15) is 19.4 Å². The molecule has 0 radical (unpaired) electrons. The van der Waals surface area contributed by atoms with E-state index < -0.39 is 0 Å². The first-order valence-electron chi connectivity index (χ1n) is 7.28. The lowest BCUT2D eigenvalue weighted by atomic mass is 10.2. The molecular formula is C17H24N2O2S. The predicted octanol–water partition coefficient (Wildman–Crippen LogP) is 3.09. The predicted molar refractivity (Wildman–Crippen MR) is 94.2 cm³/mol. The van der Waals surface area contributed by atoms with Crippen molar-refractivity contribution in [3.63, 3.8) is 0 Å². The number of nitrogens with zero attached hydrogens (tertiary/aromatic N) is 1. The van der Waals surface area contributed by atoms with E-state index in [-0.39, 0.29) is 17.6 Å². The second-order valence-corrected chi connectivity index (χ2v) is 6.26. The van der Waals surface area contributed by atoms with Gasteiger partial charge in [-0.05, 0) is 38.5 Å². The van der Waals surface area contributed by atoms with Crippen LogP contribution in [0.5, 0.6) is 0 Å². The van der Waals surface area contributed by atoms with Gasteiger partial charge in [-0.25, -0.2) is 0 Å². The molecule has 120 valence electrons. The molecule has 1 rings (SSSR count). The lowest BCUT2D eigenvalue weighted by Crippen LogP contribution is -2.33. The van der Waals surface area contributed by atoms with Crippen molar-refractivity contribution < 1.29 is 9.59 Å². The van der Waals surface area contributed by atoms with Gasteiger partial charge in [-0.1, -0.05) is 24.3 Å². The largest absolute Gasteiger partial charge is 0.338 e. The van der Waals surface area contributed by atoms with E-state index in [0.29, 0.717) is 18.8 Å². The summed E-state index contributed by atoms with van der Waals surface area (Å²) in [5.41, 5.74) is 2.84. The second kappa shape index (κ2) is 9.30. The van der Waals surface area contributed by atoms with Crippen LogP contribution in [0.25, 0.3) is 0 Å². The zero-order valence-electron chi connectivity index (χ0n) is 13.5. The number of carbonyl (C=O) groups excluding carboxylic acids is 2. The standard InChI is InChI=1S/C17H24N2O2S/c1-5-19(10-13(2)3)17(21)12-22-11-16(20)18-15-8-6-7-14(4)9-15/h6-9H,2,5,10-12H2,1,3-4H3,(H,18,20). The second-order valence-electron chi connectivity index (χ2n) is 5.28. The average Bonchev–Trinajstić information content (AvgIpc) is 2.44. The van der Waals surface area contributed by atoms with Gasteiger partial charge in [-0.3, -0.25) is 9.59 Å². The molecule has 0 saturated carbocycles. The van der Waals surface area contributed by atoms with Crippen LogP contribution in [0.4, 0.5) is 5.69 Å². The molecule has 5 heteroatoms.